The van der Waals surface area contributed by atoms with Gasteiger partial charge in [-0.25, -0.2) is 4.98 Å². The Hall–Kier alpha value is -2.07. The van der Waals surface area contributed by atoms with Gasteiger partial charge in [0, 0.05) is 29.2 Å². The number of nitrogens with zero attached hydrogens (tertiary/aromatic N) is 2. The van der Waals surface area contributed by atoms with E-state index in [1.165, 1.54) is 16.6 Å². The van der Waals surface area contributed by atoms with Crippen LogP contribution in [0.15, 0.2) is 28.7 Å². The van der Waals surface area contributed by atoms with Crippen molar-refractivity contribution >= 4 is 10.9 Å². The number of aryl methyl sites for hydroxylation is 2. The van der Waals surface area contributed by atoms with Gasteiger partial charge in [0.2, 0.25) is 5.89 Å². The SMILES string of the molecule is Cc1oc(CN)nc1-c1c(C)n(C)c2ccccc12. The first-order valence-electron chi connectivity index (χ1n) is 6.34. The fourth-order valence-corrected chi connectivity index (χ4v) is 2.59. The minimum atomic E-state index is 0.324. The number of oxazole rings is 1. The van der Waals surface area contributed by atoms with Gasteiger partial charge < -0.3 is 14.7 Å². The van der Waals surface area contributed by atoms with Gasteiger partial charge in [-0.15, -0.1) is 0 Å². The van der Waals surface area contributed by atoms with E-state index in [4.69, 9.17) is 10.2 Å². The van der Waals surface area contributed by atoms with Crippen LogP contribution in [0.3, 0.4) is 0 Å². The zero-order chi connectivity index (χ0) is 13.6. The summed E-state index contributed by atoms with van der Waals surface area (Å²) in [4.78, 5) is 4.52. The Morgan fingerprint density at radius 1 is 1.26 bits per heavy atom. The van der Waals surface area contributed by atoms with Crippen LogP contribution in [0.25, 0.3) is 22.2 Å². The van der Waals surface area contributed by atoms with Crippen LogP contribution >= 0.6 is 0 Å². The maximum Gasteiger partial charge on any atom is 0.208 e. The molecule has 0 aliphatic carbocycles. The van der Waals surface area contributed by atoms with Crippen LogP contribution in [-0.4, -0.2) is 9.55 Å². The van der Waals surface area contributed by atoms with Gasteiger partial charge in [-0.3, -0.25) is 0 Å². The highest BCUT2D eigenvalue weighted by Gasteiger charge is 2.19. The summed E-state index contributed by atoms with van der Waals surface area (Å²) in [6.45, 7) is 4.36. The van der Waals surface area contributed by atoms with Crippen molar-refractivity contribution in [1.82, 2.24) is 9.55 Å². The van der Waals surface area contributed by atoms with Crippen molar-refractivity contribution in [3.8, 4) is 11.3 Å². The third kappa shape index (κ3) is 1.68. The average molecular weight is 255 g/mol. The summed E-state index contributed by atoms with van der Waals surface area (Å²) in [5, 5.41) is 1.20. The maximum atomic E-state index is 5.60. The molecular weight excluding hydrogens is 238 g/mol. The number of nitrogens with two attached hydrogens (primary N) is 1. The molecule has 98 valence electrons. The molecule has 0 unspecified atom stereocenters. The first-order chi connectivity index (χ1) is 9.13. The largest absolute Gasteiger partial charge is 0.444 e. The van der Waals surface area contributed by atoms with E-state index in [1.54, 1.807) is 0 Å². The molecule has 0 bridgehead atoms. The minimum absolute atomic E-state index is 0.324. The van der Waals surface area contributed by atoms with E-state index in [1.807, 2.05) is 19.1 Å². The van der Waals surface area contributed by atoms with Crippen LogP contribution in [-0.2, 0) is 13.6 Å². The fourth-order valence-electron chi connectivity index (χ4n) is 2.59. The molecule has 1 aromatic carbocycles. The van der Waals surface area contributed by atoms with E-state index in [9.17, 15) is 0 Å². The molecule has 2 N–H and O–H groups in total. The van der Waals surface area contributed by atoms with E-state index in [-0.39, 0.29) is 0 Å². The predicted molar refractivity (Wildman–Crippen MR) is 75.8 cm³/mol. The molecule has 0 fully saturated rings. The van der Waals surface area contributed by atoms with Crippen molar-refractivity contribution in [2.24, 2.45) is 12.8 Å². The Morgan fingerprint density at radius 2 is 2.00 bits per heavy atom. The van der Waals surface area contributed by atoms with Crippen LogP contribution < -0.4 is 5.73 Å². The Balaban J connectivity index is 2.36. The van der Waals surface area contributed by atoms with Crippen molar-refractivity contribution in [2.75, 3.05) is 0 Å². The van der Waals surface area contributed by atoms with Gasteiger partial charge in [-0.1, -0.05) is 18.2 Å². The van der Waals surface area contributed by atoms with Crippen molar-refractivity contribution in [3.05, 3.63) is 41.6 Å². The van der Waals surface area contributed by atoms with E-state index >= 15 is 0 Å². The highest BCUT2D eigenvalue weighted by Crippen LogP contribution is 2.35. The molecule has 0 atom stereocenters. The highest BCUT2D eigenvalue weighted by molar-refractivity contribution is 5.97. The van der Waals surface area contributed by atoms with Crippen LogP contribution in [0, 0.1) is 13.8 Å². The minimum Gasteiger partial charge on any atom is -0.444 e. The summed E-state index contributed by atoms with van der Waals surface area (Å²) in [5.41, 5.74) is 10.0. The van der Waals surface area contributed by atoms with Gasteiger partial charge in [0.05, 0.1) is 6.54 Å². The Morgan fingerprint density at radius 3 is 2.68 bits per heavy atom. The molecule has 3 aromatic rings. The molecule has 2 aromatic heterocycles. The molecule has 0 spiro atoms. The molecule has 2 heterocycles. The summed E-state index contributed by atoms with van der Waals surface area (Å²) < 4.78 is 7.77. The second-order valence-corrected chi connectivity index (χ2v) is 4.75. The number of aromatic nitrogens is 2. The van der Waals surface area contributed by atoms with Crippen LogP contribution in [0.2, 0.25) is 0 Å². The predicted octanol–water partition coefficient (Wildman–Crippen LogP) is 2.91. The lowest BCUT2D eigenvalue weighted by atomic mass is 10.1. The van der Waals surface area contributed by atoms with Gasteiger partial charge in [0.1, 0.15) is 11.5 Å². The summed E-state index contributed by atoms with van der Waals surface area (Å²) >= 11 is 0. The molecule has 0 amide bonds. The molecule has 0 saturated carbocycles. The zero-order valence-corrected chi connectivity index (χ0v) is 11.4. The van der Waals surface area contributed by atoms with Crippen LogP contribution in [0.5, 0.6) is 0 Å². The monoisotopic (exact) mass is 255 g/mol. The molecular formula is C15H17N3O. The normalized spacial score (nSPS) is 11.4. The molecule has 0 aliphatic heterocycles. The quantitative estimate of drug-likeness (QED) is 0.766. The molecule has 0 aliphatic rings. The lowest BCUT2D eigenvalue weighted by molar-refractivity contribution is 0.474. The highest BCUT2D eigenvalue weighted by atomic mass is 16.4. The maximum absolute atomic E-state index is 5.60. The second kappa shape index (κ2) is 4.24. The number of hydrogen-bond donors (Lipinski definition) is 1. The van der Waals surface area contributed by atoms with Crippen molar-refractivity contribution in [1.29, 1.82) is 0 Å². The number of para-hydroxylation sites is 1. The molecule has 3 rings (SSSR count). The lowest BCUT2D eigenvalue weighted by Gasteiger charge is -1.99. The van der Waals surface area contributed by atoms with Gasteiger partial charge >= 0.3 is 0 Å². The van der Waals surface area contributed by atoms with Gasteiger partial charge in [-0.2, -0.15) is 0 Å². The smallest absolute Gasteiger partial charge is 0.208 e. The topological polar surface area (TPSA) is 57.0 Å². The van der Waals surface area contributed by atoms with Crippen molar-refractivity contribution in [3.63, 3.8) is 0 Å². The number of rotatable bonds is 2. The first kappa shape index (κ1) is 12.0. The zero-order valence-electron chi connectivity index (χ0n) is 11.4. The third-order valence-electron chi connectivity index (χ3n) is 3.65. The van der Waals surface area contributed by atoms with Gasteiger partial charge in [-0.05, 0) is 19.9 Å². The molecule has 0 radical (unpaired) electrons. The number of fused-ring (bicyclic) bond motifs is 1. The second-order valence-electron chi connectivity index (χ2n) is 4.75. The standard InChI is InChI=1S/C15H17N3O/c1-9-14(15-10(2)19-13(8-16)17-15)11-6-4-5-7-12(11)18(9)3/h4-7H,8,16H2,1-3H3. The summed E-state index contributed by atoms with van der Waals surface area (Å²) in [6, 6.07) is 8.33. The van der Waals surface area contributed by atoms with Crippen molar-refractivity contribution in [2.45, 2.75) is 20.4 Å². The number of benzene rings is 1. The van der Waals surface area contributed by atoms with Crippen molar-refractivity contribution < 1.29 is 4.42 Å². The van der Waals surface area contributed by atoms with Gasteiger partial charge in [0.25, 0.3) is 0 Å². The fraction of sp³-hybridized carbons (Fsp3) is 0.267. The lowest BCUT2D eigenvalue weighted by Crippen LogP contribution is -1.96. The molecule has 4 heteroatoms. The Kier molecular flexibility index (Phi) is 2.68. The van der Waals surface area contributed by atoms with E-state index in [2.05, 4.69) is 35.7 Å². The Labute approximate surface area is 111 Å². The van der Waals surface area contributed by atoms with Crippen LogP contribution in [0.4, 0.5) is 0 Å². The number of hydrogen-bond acceptors (Lipinski definition) is 3. The van der Waals surface area contributed by atoms with E-state index < -0.39 is 0 Å². The van der Waals surface area contributed by atoms with Gasteiger partial charge in [0.15, 0.2) is 0 Å². The van der Waals surface area contributed by atoms with E-state index in [0.29, 0.717) is 12.4 Å². The first-order valence-corrected chi connectivity index (χ1v) is 6.34. The third-order valence-corrected chi connectivity index (χ3v) is 3.65. The summed E-state index contributed by atoms with van der Waals surface area (Å²) in [6.07, 6.45) is 0. The summed E-state index contributed by atoms with van der Waals surface area (Å²) in [7, 11) is 2.07. The average Bonchev–Trinajstić information content (AvgIpc) is 2.90. The molecule has 0 saturated heterocycles. The van der Waals surface area contributed by atoms with E-state index in [0.717, 1.165) is 17.0 Å². The van der Waals surface area contributed by atoms with Crippen LogP contribution in [0.1, 0.15) is 17.3 Å². The Bertz CT molecular complexity index is 752. The molecule has 4 nitrogen and oxygen atoms in total. The molecule has 19 heavy (non-hydrogen) atoms. The summed E-state index contributed by atoms with van der Waals surface area (Å²) in [5.74, 6) is 1.40.